The Morgan fingerprint density at radius 3 is 2.87 bits per heavy atom. The maximum absolute atomic E-state index is 12.2. The van der Waals surface area contributed by atoms with Crippen LogP contribution in [-0.2, 0) is 9.09 Å². The van der Waals surface area contributed by atoms with E-state index < -0.39 is 6.72 Å². The van der Waals surface area contributed by atoms with Gasteiger partial charge in [-0.2, -0.15) is 0 Å². The van der Waals surface area contributed by atoms with E-state index in [9.17, 15) is 4.57 Å². The highest BCUT2D eigenvalue weighted by Gasteiger charge is 2.24. The molecule has 0 aliphatic rings. The van der Waals surface area contributed by atoms with Crippen LogP contribution in [0.2, 0.25) is 0 Å². The lowest BCUT2D eigenvalue weighted by Gasteiger charge is -2.19. The van der Waals surface area contributed by atoms with Crippen molar-refractivity contribution >= 4 is 35.8 Å². The van der Waals surface area contributed by atoms with Crippen LogP contribution in [0.4, 0.5) is 0 Å². The lowest BCUT2D eigenvalue weighted by molar-refractivity contribution is 0.329. The van der Waals surface area contributed by atoms with E-state index in [2.05, 4.69) is 23.9 Å². The topological polar surface area (TPSA) is 38.3 Å². The zero-order chi connectivity index (χ0) is 11.7. The Morgan fingerprint density at radius 2 is 2.40 bits per heavy atom. The van der Waals surface area contributed by atoms with Gasteiger partial charge in [0, 0.05) is 5.25 Å². The van der Waals surface area contributed by atoms with Crippen molar-refractivity contribution in [3.63, 3.8) is 0 Å². The number of hydrogen-bond acceptors (Lipinski definition) is 4. The third kappa shape index (κ3) is 7.12. The Labute approximate surface area is 101 Å². The molecule has 0 amide bonds. The predicted molar refractivity (Wildman–Crippen MR) is 72.5 cm³/mol. The number of thiocarbonyl (C=S) groups is 1. The summed E-state index contributed by atoms with van der Waals surface area (Å²) in [5.74, 6) is 0. The van der Waals surface area contributed by atoms with E-state index in [-0.39, 0.29) is 5.25 Å². The zero-order valence-electron chi connectivity index (χ0n) is 9.14. The monoisotopic (exact) mass is 267 g/mol. The molecule has 0 aromatic carbocycles. The average molecular weight is 267 g/mol. The molecule has 0 saturated carbocycles. The van der Waals surface area contributed by atoms with Gasteiger partial charge in [0.25, 0.3) is 0 Å². The second-order valence-electron chi connectivity index (χ2n) is 2.98. The minimum atomic E-state index is -2.86. The molecular weight excluding hydrogens is 249 g/mol. The van der Waals surface area contributed by atoms with E-state index in [1.54, 1.807) is 6.08 Å². The van der Waals surface area contributed by atoms with Crippen molar-refractivity contribution in [1.29, 1.82) is 0 Å². The molecule has 15 heavy (non-hydrogen) atoms. The Kier molecular flexibility index (Phi) is 8.43. The van der Waals surface area contributed by atoms with Crippen LogP contribution in [0.25, 0.3) is 0 Å². The molecule has 0 bridgehead atoms. The molecule has 2 unspecified atom stereocenters. The molecule has 6 heteroatoms. The van der Waals surface area contributed by atoms with Crippen molar-refractivity contribution in [3.05, 3.63) is 12.7 Å². The number of rotatable bonds is 9. The van der Waals surface area contributed by atoms with Gasteiger partial charge in [0.05, 0.1) is 12.1 Å². The van der Waals surface area contributed by atoms with Gasteiger partial charge in [-0.1, -0.05) is 32.1 Å². The van der Waals surface area contributed by atoms with Crippen molar-refractivity contribution in [2.24, 2.45) is 0 Å². The summed E-state index contributed by atoms with van der Waals surface area (Å²) in [6.45, 7) is 5.18. The second kappa shape index (κ2) is 8.34. The van der Waals surface area contributed by atoms with Crippen LogP contribution in [0.1, 0.15) is 26.7 Å². The van der Waals surface area contributed by atoms with Gasteiger partial charge in [-0.3, -0.25) is 4.57 Å². The first kappa shape index (κ1) is 15.2. The van der Waals surface area contributed by atoms with E-state index in [1.165, 1.54) is 16.9 Å². The van der Waals surface area contributed by atoms with E-state index in [0.29, 0.717) is 13.0 Å². The van der Waals surface area contributed by atoms with Gasteiger partial charge < -0.3 is 9.61 Å². The Bertz CT molecular complexity index is 248. The van der Waals surface area contributed by atoms with Crippen molar-refractivity contribution in [1.82, 2.24) is 5.09 Å². The molecule has 0 saturated heterocycles. The van der Waals surface area contributed by atoms with Crippen molar-refractivity contribution in [2.45, 2.75) is 31.9 Å². The van der Waals surface area contributed by atoms with E-state index in [1.807, 2.05) is 13.8 Å². The summed E-state index contributed by atoms with van der Waals surface area (Å²) in [6, 6.07) is 0. The summed E-state index contributed by atoms with van der Waals surface area (Å²) in [7, 11) is 0. The van der Waals surface area contributed by atoms with E-state index >= 15 is 0 Å². The molecule has 2 atom stereocenters. The smallest absolute Gasteiger partial charge is 0.305 e. The Hall–Kier alpha value is 0.170. The van der Waals surface area contributed by atoms with Gasteiger partial charge in [0.2, 0.25) is 0 Å². The normalized spacial score (nSPS) is 16.4. The van der Waals surface area contributed by atoms with Crippen LogP contribution in [0.3, 0.4) is 0 Å². The second-order valence-corrected chi connectivity index (χ2v) is 7.82. The molecular formula is C9H18NO2PS2. The summed E-state index contributed by atoms with van der Waals surface area (Å²) in [6.07, 6.45) is 3.36. The average Bonchev–Trinajstić information content (AvgIpc) is 2.18. The summed E-state index contributed by atoms with van der Waals surface area (Å²) >= 11 is 5.96. The first-order valence-electron chi connectivity index (χ1n) is 4.83. The highest BCUT2D eigenvalue weighted by atomic mass is 32.7. The number of nitrogens with one attached hydrogen (secondary N) is 1. The first-order chi connectivity index (χ1) is 7.08. The molecule has 0 aromatic heterocycles. The molecule has 0 fully saturated rings. The maximum atomic E-state index is 12.2. The Morgan fingerprint density at radius 1 is 1.73 bits per heavy atom. The fraction of sp³-hybridized carbons (Fsp3) is 0.667. The molecule has 0 spiro atoms. The summed E-state index contributed by atoms with van der Waals surface area (Å²) < 4.78 is 17.5. The van der Waals surface area contributed by atoms with Gasteiger partial charge in [0.1, 0.15) is 0 Å². The van der Waals surface area contributed by atoms with Gasteiger partial charge in [-0.15, -0.1) is 6.58 Å². The SMILES string of the molecule is C=CCCOP(=O)(NC=S)SC(C)CC. The molecule has 0 aliphatic carbocycles. The maximum Gasteiger partial charge on any atom is 0.351 e. The molecule has 0 radical (unpaired) electrons. The third-order valence-corrected chi connectivity index (χ3v) is 6.46. The van der Waals surface area contributed by atoms with Crippen LogP contribution in [0.15, 0.2) is 12.7 Å². The van der Waals surface area contributed by atoms with Gasteiger partial charge in [-0.25, -0.2) is 0 Å². The lowest BCUT2D eigenvalue weighted by Crippen LogP contribution is -2.09. The molecule has 0 aliphatic heterocycles. The fourth-order valence-electron chi connectivity index (χ4n) is 0.730. The lowest BCUT2D eigenvalue weighted by atomic mass is 10.4. The van der Waals surface area contributed by atoms with Crippen LogP contribution >= 0.6 is 30.3 Å². The predicted octanol–water partition coefficient (Wildman–Crippen LogP) is 3.77. The molecule has 0 heterocycles. The van der Waals surface area contributed by atoms with E-state index in [4.69, 9.17) is 4.52 Å². The van der Waals surface area contributed by atoms with Crippen LogP contribution < -0.4 is 5.09 Å². The molecule has 88 valence electrons. The minimum absolute atomic E-state index is 0.280. The largest absolute Gasteiger partial charge is 0.351 e. The molecule has 1 N–H and O–H groups in total. The fourth-order valence-corrected chi connectivity index (χ4v) is 5.26. The quantitative estimate of drug-likeness (QED) is 0.298. The number of hydrogen-bond donors (Lipinski definition) is 1. The van der Waals surface area contributed by atoms with Crippen molar-refractivity contribution in [2.75, 3.05) is 6.61 Å². The van der Waals surface area contributed by atoms with E-state index in [0.717, 1.165) is 6.42 Å². The summed E-state index contributed by atoms with van der Waals surface area (Å²) in [4.78, 5) is 0. The van der Waals surface area contributed by atoms with Crippen molar-refractivity contribution < 1.29 is 9.09 Å². The van der Waals surface area contributed by atoms with Crippen LogP contribution in [-0.4, -0.2) is 17.3 Å². The molecule has 0 aromatic rings. The molecule has 3 nitrogen and oxygen atoms in total. The zero-order valence-corrected chi connectivity index (χ0v) is 11.7. The van der Waals surface area contributed by atoms with Gasteiger partial charge in [-0.05, 0) is 24.2 Å². The summed E-state index contributed by atoms with van der Waals surface area (Å²) in [5.41, 5.74) is 1.25. The van der Waals surface area contributed by atoms with Crippen molar-refractivity contribution in [3.8, 4) is 0 Å². The van der Waals surface area contributed by atoms with Gasteiger partial charge in [0.15, 0.2) is 0 Å². The van der Waals surface area contributed by atoms with Gasteiger partial charge >= 0.3 is 6.72 Å². The highest BCUT2D eigenvalue weighted by molar-refractivity contribution is 8.56. The third-order valence-electron chi connectivity index (χ3n) is 1.69. The van der Waals surface area contributed by atoms with Crippen LogP contribution in [0.5, 0.6) is 0 Å². The minimum Gasteiger partial charge on any atom is -0.305 e. The highest BCUT2D eigenvalue weighted by Crippen LogP contribution is 2.57. The molecule has 0 rings (SSSR count). The Balaban J connectivity index is 4.23. The standard InChI is InChI=1S/C9H18NO2PS2/c1-4-6-7-12-13(11,10-8-14)15-9(3)5-2/h4,8-9H,1,5-7H2,2-3H3,(H,10,11,14). The van der Waals surface area contributed by atoms with Crippen LogP contribution in [0, 0.1) is 0 Å². The summed E-state index contributed by atoms with van der Waals surface area (Å²) in [5, 5.41) is 2.91. The first-order valence-corrected chi connectivity index (χ1v) is 8.41.